The van der Waals surface area contributed by atoms with Crippen molar-refractivity contribution in [3.8, 4) is 11.5 Å². The number of hydrogen-bond donors (Lipinski definition) is 1. The second kappa shape index (κ2) is 7.38. The van der Waals surface area contributed by atoms with E-state index in [2.05, 4.69) is 46.7 Å². The summed E-state index contributed by atoms with van der Waals surface area (Å²) in [6, 6.07) is 6.30. The third-order valence-corrected chi connectivity index (χ3v) is 5.95. The van der Waals surface area contributed by atoms with Crippen LogP contribution in [0.15, 0.2) is 28.6 Å². The molecule has 4 rings (SSSR count). The molecule has 0 amide bonds. The Morgan fingerprint density at radius 1 is 1.33 bits per heavy atom. The third-order valence-electron chi connectivity index (χ3n) is 5.13. The zero-order valence-electron chi connectivity index (χ0n) is 16.1. The Balaban J connectivity index is 1.48. The third kappa shape index (κ3) is 3.88. The molecule has 27 heavy (non-hydrogen) atoms. The van der Waals surface area contributed by atoms with Gasteiger partial charge in [-0.2, -0.15) is 0 Å². The van der Waals surface area contributed by atoms with E-state index in [-0.39, 0.29) is 5.41 Å². The van der Waals surface area contributed by atoms with Crippen LogP contribution in [-0.4, -0.2) is 42.8 Å². The molecule has 0 atom stereocenters. The van der Waals surface area contributed by atoms with Gasteiger partial charge in [0, 0.05) is 24.4 Å². The van der Waals surface area contributed by atoms with Gasteiger partial charge in [0.15, 0.2) is 17.5 Å². The fourth-order valence-corrected chi connectivity index (χ4v) is 4.01. The summed E-state index contributed by atoms with van der Waals surface area (Å²) in [4.78, 5) is 11.7. The van der Waals surface area contributed by atoms with Crippen molar-refractivity contribution < 1.29 is 9.47 Å². The first kappa shape index (κ1) is 18.1. The number of guanidine groups is 1. The maximum Gasteiger partial charge on any atom is 0.231 e. The molecule has 1 aromatic heterocycles. The molecule has 1 fully saturated rings. The van der Waals surface area contributed by atoms with Gasteiger partial charge < -0.3 is 19.7 Å². The van der Waals surface area contributed by atoms with Crippen molar-refractivity contribution in [2.75, 3.05) is 26.9 Å². The van der Waals surface area contributed by atoms with Crippen molar-refractivity contribution in [2.45, 2.75) is 38.6 Å². The molecule has 144 valence electrons. The molecule has 0 bridgehead atoms. The molecule has 1 aliphatic carbocycles. The van der Waals surface area contributed by atoms with Gasteiger partial charge in [-0.25, -0.2) is 4.98 Å². The smallest absolute Gasteiger partial charge is 0.231 e. The highest BCUT2D eigenvalue weighted by molar-refractivity contribution is 7.09. The minimum atomic E-state index is 0.125. The van der Waals surface area contributed by atoms with E-state index in [9.17, 15) is 0 Å². The first-order valence-electron chi connectivity index (χ1n) is 9.40. The lowest BCUT2D eigenvalue weighted by Crippen LogP contribution is -2.39. The van der Waals surface area contributed by atoms with Crippen molar-refractivity contribution in [1.82, 2.24) is 15.2 Å². The van der Waals surface area contributed by atoms with Gasteiger partial charge >= 0.3 is 0 Å². The van der Waals surface area contributed by atoms with E-state index in [0.29, 0.717) is 6.79 Å². The Morgan fingerprint density at radius 3 is 2.85 bits per heavy atom. The minimum absolute atomic E-state index is 0.125. The largest absolute Gasteiger partial charge is 0.454 e. The molecule has 6 nitrogen and oxygen atoms in total. The van der Waals surface area contributed by atoms with Crippen LogP contribution in [0.2, 0.25) is 0 Å². The summed E-state index contributed by atoms with van der Waals surface area (Å²) in [5.74, 6) is 2.62. The van der Waals surface area contributed by atoms with Crippen LogP contribution >= 0.6 is 11.3 Å². The monoisotopic (exact) mass is 386 g/mol. The summed E-state index contributed by atoms with van der Waals surface area (Å²) in [7, 11) is 2.07. The Kier molecular flexibility index (Phi) is 4.95. The summed E-state index contributed by atoms with van der Waals surface area (Å²) in [5, 5.41) is 6.62. The summed E-state index contributed by atoms with van der Waals surface area (Å²) >= 11 is 1.69. The van der Waals surface area contributed by atoms with Crippen LogP contribution in [0.1, 0.15) is 36.0 Å². The molecule has 0 radical (unpaired) electrons. The standard InChI is InChI=1S/C20H26N4O2S/c1-4-21-19(24(3)10-16-11-27-14(2)23-16)22-12-20(7-8-20)15-5-6-17-18(9-15)26-13-25-17/h5-6,9,11H,4,7-8,10,12-13H2,1-3H3,(H,21,22). The van der Waals surface area contributed by atoms with Crippen LogP contribution in [0, 0.1) is 6.92 Å². The summed E-state index contributed by atoms with van der Waals surface area (Å²) in [5.41, 5.74) is 2.51. The predicted octanol–water partition coefficient (Wildman–Crippen LogP) is 3.31. The molecule has 1 aliphatic heterocycles. The number of ether oxygens (including phenoxy) is 2. The van der Waals surface area contributed by atoms with Crippen molar-refractivity contribution in [3.63, 3.8) is 0 Å². The second-order valence-corrected chi connectivity index (χ2v) is 8.29. The maximum atomic E-state index is 5.55. The maximum absolute atomic E-state index is 5.55. The summed E-state index contributed by atoms with van der Waals surface area (Å²) < 4.78 is 11.0. The van der Waals surface area contributed by atoms with E-state index < -0.39 is 0 Å². The van der Waals surface area contributed by atoms with Gasteiger partial charge in [-0.3, -0.25) is 4.99 Å². The SMILES string of the molecule is CCNC(=NCC1(c2ccc3c(c2)OCO3)CC1)N(C)Cc1csc(C)n1. The molecule has 2 aliphatic rings. The van der Waals surface area contributed by atoms with E-state index in [1.54, 1.807) is 11.3 Å². The Hall–Kier alpha value is -2.28. The van der Waals surface area contributed by atoms with Crippen LogP contribution < -0.4 is 14.8 Å². The highest BCUT2D eigenvalue weighted by atomic mass is 32.1. The molecule has 1 aromatic carbocycles. The average molecular weight is 387 g/mol. The molecular formula is C20H26N4O2S. The van der Waals surface area contributed by atoms with Crippen molar-refractivity contribution >= 4 is 17.3 Å². The number of nitrogens with zero attached hydrogens (tertiary/aromatic N) is 3. The zero-order chi connectivity index (χ0) is 18.9. The van der Waals surface area contributed by atoms with Gasteiger partial charge in [-0.15, -0.1) is 11.3 Å². The van der Waals surface area contributed by atoms with Crippen LogP contribution in [0.4, 0.5) is 0 Å². The summed E-state index contributed by atoms with van der Waals surface area (Å²) in [6.07, 6.45) is 2.31. The normalized spacial score (nSPS) is 17.1. The molecule has 1 saturated carbocycles. The molecule has 0 saturated heterocycles. The quantitative estimate of drug-likeness (QED) is 0.610. The highest BCUT2D eigenvalue weighted by Crippen LogP contribution is 2.50. The van der Waals surface area contributed by atoms with Crippen LogP contribution in [0.5, 0.6) is 11.5 Å². The lowest BCUT2D eigenvalue weighted by molar-refractivity contribution is 0.174. The number of thiazole rings is 1. The lowest BCUT2D eigenvalue weighted by atomic mass is 9.96. The topological polar surface area (TPSA) is 59.0 Å². The molecule has 0 spiro atoms. The van der Waals surface area contributed by atoms with Crippen molar-refractivity contribution in [2.24, 2.45) is 4.99 Å². The molecular weight excluding hydrogens is 360 g/mol. The molecule has 2 aromatic rings. The van der Waals surface area contributed by atoms with E-state index in [0.717, 1.165) is 60.6 Å². The minimum Gasteiger partial charge on any atom is -0.454 e. The van der Waals surface area contributed by atoms with Crippen molar-refractivity contribution in [3.05, 3.63) is 39.8 Å². The number of benzene rings is 1. The van der Waals surface area contributed by atoms with E-state index in [1.165, 1.54) is 5.56 Å². The average Bonchev–Trinajstić information content (AvgIpc) is 3.10. The number of aromatic nitrogens is 1. The van der Waals surface area contributed by atoms with Gasteiger partial charge in [0.05, 0.1) is 23.8 Å². The predicted molar refractivity (Wildman–Crippen MR) is 108 cm³/mol. The van der Waals surface area contributed by atoms with Crippen LogP contribution in [0.3, 0.4) is 0 Å². The van der Waals surface area contributed by atoms with Gasteiger partial charge in [-0.05, 0) is 44.4 Å². The van der Waals surface area contributed by atoms with E-state index in [4.69, 9.17) is 14.5 Å². The number of hydrogen-bond acceptors (Lipinski definition) is 5. The summed E-state index contributed by atoms with van der Waals surface area (Å²) in [6.45, 7) is 6.82. The van der Waals surface area contributed by atoms with Crippen molar-refractivity contribution in [1.29, 1.82) is 0 Å². The Labute approximate surface area is 164 Å². The van der Waals surface area contributed by atoms with E-state index in [1.807, 2.05) is 13.0 Å². The molecule has 2 heterocycles. The highest BCUT2D eigenvalue weighted by Gasteiger charge is 2.44. The molecule has 0 unspecified atom stereocenters. The first-order chi connectivity index (χ1) is 13.1. The van der Waals surface area contributed by atoms with Gasteiger partial charge in [-0.1, -0.05) is 6.07 Å². The van der Waals surface area contributed by atoms with Crippen LogP contribution in [0.25, 0.3) is 0 Å². The number of rotatable bonds is 6. The fraction of sp³-hybridized carbons (Fsp3) is 0.500. The number of fused-ring (bicyclic) bond motifs is 1. The van der Waals surface area contributed by atoms with Gasteiger partial charge in [0.1, 0.15) is 0 Å². The fourth-order valence-electron chi connectivity index (χ4n) is 3.41. The van der Waals surface area contributed by atoms with Gasteiger partial charge in [0.2, 0.25) is 6.79 Å². The molecule has 7 heteroatoms. The number of aliphatic imine (C=N–C) groups is 1. The Bertz CT molecular complexity index is 844. The van der Waals surface area contributed by atoms with E-state index >= 15 is 0 Å². The number of nitrogens with one attached hydrogen (secondary N) is 1. The Morgan fingerprint density at radius 2 is 2.15 bits per heavy atom. The lowest BCUT2D eigenvalue weighted by Gasteiger charge is -2.22. The van der Waals surface area contributed by atoms with Crippen LogP contribution in [-0.2, 0) is 12.0 Å². The zero-order valence-corrected chi connectivity index (χ0v) is 16.9. The first-order valence-corrected chi connectivity index (χ1v) is 10.3. The number of aryl methyl sites for hydroxylation is 1. The van der Waals surface area contributed by atoms with Gasteiger partial charge in [0.25, 0.3) is 0 Å². The molecule has 1 N–H and O–H groups in total. The second-order valence-electron chi connectivity index (χ2n) is 7.23.